The van der Waals surface area contributed by atoms with E-state index in [9.17, 15) is 14.4 Å². The van der Waals surface area contributed by atoms with Crippen LogP contribution in [0.15, 0.2) is 12.1 Å². The lowest BCUT2D eigenvalue weighted by atomic mass is 9.82. The molecule has 0 fully saturated rings. The number of halogens is 2. The summed E-state index contributed by atoms with van der Waals surface area (Å²) in [5.74, 6) is -1.51. The van der Waals surface area contributed by atoms with Gasteiger partial charge < -0.3 is 9.47 Å². The minimum Gasteiger partial charge on any atom is -0.465 e. The number of ether oxygens (including phenoxy) is 2. The molecule has 0 amide bonds. The van der Waals surface area contributed by atoms with Crippen molar-refractivity contribution in [3.05, 3.63) is 27.7 Å². The molecule has 1 rings (SSSR count). The summed E-state index contributed by atoms with van der Waals surface area (Å²) in [4.78, 5) is 37.0. The highest BCUT2D eigenvalue weighted by molar-refractivity contribution is 6.36. The quantitative estimate of drug-likeness (QED) is 0.115. The summed E-state index contributed by atoms with van der Waals surface area (Å²) >= 11 is 12.0. The van der Waals surface area contributed by atoms with Gasteiger partial charge in [0.25, 0.3) is 0 Å². The summed E-state index contributed by atoms with van der Waals surface area (Å²) < 4.78 is 10.8. The van der Waals surface area contributed by atoms with Crippen molar-refractivity contribution in [3.8, 4) is 5.75 Å². The maximum absolute atomic E-state index is 12.9. The summed E-state index contributed by atoms with van der Waals surface area (Å²) in [5, 5.41) is 0.266. The molecule has 0 saturated carbocycles. The van der Waals surface area contributed by atoms with Gasteiger partial charge in [0.15, 0.2) is 17.5 Å². The van der Waals surface area contributed by atoms with E-state index in [1.807, 2.05) is 0 Å². The number of rotatable bonds is 13. The second kappa shape index (κ2) is 12.9. The van der Waals surface area contributed by atoms with Gasteiger partial charge in [-0.05, 0) is 31.4 Å². The smallest absolute Gasteiger partial charge is 0.328 e. The Morgan fingerprint density at radius 1 is 0.966 bits per heavy atom. The third-order valence-electron chi connectivity index (χ3n) is 5.08. The first-order chi connectivity index (χ1) is 13.9. The summed E-state index contributed by atoms with van der Waals surface area (Å²) in [5.41, 5.74) is -1.41. The molecule has 0 unspecified atom stereocenters. The summed E-state index contributed by atoms with van der Waals surface area (Å²) in [6, 6.07) is 2.72. The first kappa shape index (κ1) is 25.4. The van der Waals surface area contributed by atoms with Gasteiger partial charge in [0.1, 0.15) is 0 Å². The highest BCUT2D eigenvalue weighted by Crippen LogP contribution is 2.36. The third kappa shape index (κ3) is 7.00. The van der Waals surface area contributed by atoms with Crippen LogP contribution in [-0.2, 0) is 14.3 Å². The Morgan fingerprint density at radius 2 is 1.59 bits per heavy atom. The number of carbonyl (C=O) groups excluding carboxylic acids is 3. The molecule has 0 N–H and O–H groups in total. The lowest BCUT2D eigenvalue weighted by molar-refractivity contribution is -0.168. The Morgan fingerprint density at radius 3 is 2.17 bits per heavy atom. The summed E-state index contributed by atoms with van der Waals surface area (Å²) in [6.07, 6.45) is 7.30. The van der Waals surface area contributed by atoms with E-state index in [1.165, 1.54) is 31.4 Å². The van der Waals surface area contributed by atoms with Crippen molar-refractivity contribution >= 4 is 41.4 Å². The zero-order chi connectivity index (χ0) is 21.9. The lowest BCUT2D eigenvalue weighted by Crippen LogP contribution is -2.42. The van der Waals surface area contributed by atoms with Gasteiger partial charge >= 0.3 is 11.9 Å². The number of esters is 2. The Balaban J connectivity index is 2.83. The second-order valence-corrected chi connectivity index (χ2v) is 7.85. The lowest BCUT2D eigenvalue weighted by Gasteiger charge is -2.27. The largest absolute Gasteiger partial charge is 0.465 e. The summed E-state index contributed by atoms with van der Waals surface area (Å²) in [6.45, 7) is 5.87. The van der Waals surface area contributed by atoms with Crippen LogP contribution in [-0.4, -0.2) is 24.8 Å². The molecule has 0 aliphatic carbocycles. The number of unbranched alkanes of at least 4 members (excludes halogenated alkanes) is 5. The molecular formula is C22H30Cl2O5. The molecule has 0 atom stereocenters. The maximum atomic E-state index is 12.9. The predicted octanol–water partition coefficient (Wildman–Crippen LogP) is 6.42. The SMILES string of the molecule is CCCCCCCCOC(=O)C(CC)(CC)C(=O)Oc1c(Cl)cc(Cl)cc1C=O. The molecule has 0 spiro atoms. The van der Waals surface area contributed by atoms with Crippen LogP contribution in [0.1, 0.15) is 82.5 Å². The molecule has 0 aromatic heterocycles. The van der Waals surface area contributed by atoms with Crippen molar-refractivity contribution in [2.75, 3.05) is 6.61 Å². The van der Waals surface area contributed by atoms with Crippen molar-refractivity contribution in [1.82, 2.24) is 0 Å². The van der Waals surface area contributed by atoms with E-state index < -0.39 is 17.4 Å². The van der Waals surface area contributed by atoms with Crippen LogP contribution >= 0.6 is 23.2 Å². The fourth-order valence-electron chi connectivity index (χ4n) is 3.06. The predicted molar refractivity (Wildman–Crippen MR) is 115 cm³/mol. The van der Waals surface area contributed by atoms with Gasteiger partial charge in [0.05, 0.1) is 17.2 Å². The average molecular weight is 445 g/mol. The molecule has 162 valence electrons. The van der Waals surface area contributed by atoms with Gasteiger partial charge in [-0.1, -0.05) is 76.1 Å². The minimum atomic E-state index is -1.45. The number of hydrogen-bond donors (Lipinski definition) is 0. The molecule has 5 nitrogen and oxygen atoms in total. The Labute approximate surface area is 183 Å². The van der Waals surface area contributed by atoms with Gasteiger partial charge in [-0.3, -0.25) is 14.4 Å². The molecule has 0 radical (unpaired) electrons. The maximum Gasteiger partial charge on any atom is 0.328 e. The molecule has 1 aromatic rings. The van der Waals surface area contributed by atoms with E-state index in [2.05, 4.69) is 6.92 Å². The van der Waals surface area contributed by atoms with E-state index in [0.29, 0.717) is 6.29 Å². The van der Waals surface area contributed by atoms with Crippen molar-refractivity contribution in [3.63, 3.8) is 0 Å². The summed E-state index contributed by atoms with van der Waals surface area (Å²) in [7, 11) is 0. The Hall–Kier alpha value is -1.59. The number of benzene rings is 1. The zero-order valence-electron chi connectivity index (χ0n) is 17.4. The molecular weight excluding hydrogens is 415 g/mol. The third-order valence-corrected chi connectivity index (χ3v) is 5.58. The first-order valence-corrected chi connectivity index (χ1v) is 11.0. The highest BCUT2D eigenvalue weighted by Gasteiger charge is 2.46. The van der Waals surface area contributed by atoms with Crippen LogP contribution in [0.2, 0.25) is 10.0 Å². The number of hydrogen-bond acceptors (Lipinski definition) is 5. The van der Waals surface area contributed by atoms with Crippen molar-refractivity contribution in [2.24, 2.45) is 5.41 Å². The molecule has 0 saturated heterocycles. The van der Waals surface area contributed by atoms with E-state index >= 15 is 0 Å². The van der Waals surface area contributed by atoms with Gasteiger partial charge in [0, 0.05) is 5.02 Å². The van der Waals surface area contributed by atoms with E-state index in [4.69, 9.17) is 32.7 Å². The highest BCUT2D eigenvalue weighted by atomic mass is 35.5. The van der Waals surface area contributed by atoms with Crippen LogP contribution in [0.3, 0.4) is 0 Å². The fraction of sp³-hybridized carbons (Fsp3) is 0.591. The zero-order valence-corrected chi connectivity index (χ0v) is 18.9. The van der Waals surface area contributed by atoms with Crippen LogP contribution in [0.4, 0.5) is 0 Å². The molecule has 0 aliphatic rings. The number of carbonyl (C=O) groups is 3. The fourth-order valence-corrected chi connectivity index (χ4v) is 3.61. The van der Waals surface area contributed by atoms with Crippen molar-refractivity contribution < 1.29 is 23.9 Å². The molecule has 0 heterocycles. The average Bonchev–Trinajstić information content (AvgIpc) is 2.70. The monoisotopic (exact) mass is 444 g/mol. The number of aldehydes is 1. The van der Waals surface area contributed by atoms with Gasteiger partial charge in [-0.15, -0.1) is 0 Å². The van der Waals surface area contributed by atoms with Crippen molar-refractivity contribution in [1.29, 1.82) is 0 Å². The van der Waals surface area contributed by atoms with E-state index in [-0.39, 0.29) is 40.8 Å². The van der Waals surface area contributed by atoms with Gasteiger partial charge in [-0.25, -0.2) is 0 Å². The second-order valence-electron chi connectivity index (χ2n) is 7.01. The van der Waals surface area contributed by atoms with Crippen molar-refractivity contribution in [2.45, 2.75) is 72.1 Å². The Bertz CT molecular complexity index is 699. The van der Waals surface area contributed by atoms with Crippen LogP contribution in [0.25, 0.3) is 0 Å². The van der Waals surface area contributed by atoms with Crippen LogP contribution < -0.4 is 4.74 Å². The standard InChI is InChI=1S/C22H30Cl2O5/c1-4-7-8-9-10-11-12-28-20(26)22(5-2,6-3)21(27)29-19-16(15-25)13-17(23)14-18(19)24/h13-15H,4-12H2,1-3H3. The van der Waals surface area contributed by atoms with E-state index in [0.717, 1.165) is 19.3 Å². The normalized spacial score (nSPS) is 11.2. The van der Waals surface area contributed by atoms with Crippen LogP contribution in [0, 0.1) is 5.41 Å². The molecule has 1 aromatic carbocycles. The molecule has 7 heteroatoms. The van der Waals surface area contributed by atoms with E-state index in [1.54, 1.807) is 13.8 Å². The molecule has 0 aliphatic heterocycles. The first-order valence-electron chi connectivity index (χ1n) is 10.2. The minimum absolute atomic E-state index is 0.0227. The van der Waals surface area contributed by atoms with Crippen LogP contribution in [0.5, 0.6) is 5.75 Å². The van der Waals surface area contributed by atoms with Gasteiger partial charge in [-0.2, -0.15) is 0 Å². The van der Waals surface area contributed by atoms with Gasteiger partial charge in [0.2, 0.25) is 0 Å². The molecule has 29 heavy (non-hydrogen) atoms. The Kier molecular flexibility index (Phi) is 11.3. The molecule has 0 bridgehead atoms. The topological polar surface area (TPSA) is 69.7 Å².